The number of nitro groups is 1. The van der Waals surface area contributed by atoms with E-state index in [0.29, 0.717) is 0 Å². The van der Waals surface area contributed by atoms with Crippen LogP contribution in [0.3, 0.4) is 0 Å². The van der Waals surface area contributed by atoms with Crippen molar-refractivity contribution in [3.05, 3.63) is 76.3 Å². The topological polar surface area (TPSA) is 114 Å². The summed E-state index contributed by atoms with van der Waals surface area (Å²) in [5.41, 5.74) is 0.719. The normalized spacial score (nSPS) is 31.0. The van der Waals surface area contributed by atoms with Gasteiger partial charge in [0.15, 0.2) is 22.4 Å². The van der Waals surface area contributed by atoms with E-state index in [9.17, 15) is 18.5 Å². The second-order valence-corrected chi connectivity index (χ2v) is 9.56. The zero-order chi connectivity index (χ0) is 22.0. The van der Waals surface area contributed by atoms with Gasteiger partial charge in [0.25, 0.3) is 0 Å². The van der Waals surface area contributed by atoms with Crippen LogP contribution in [0.2, 0.25) is 0 Å². The fraction of sp³-hybridized carbons (Fsp3) is 0.429. The molecular formula is C21H23NO8S. The van der Waals surface area contributed by atoms with Gasteiger partial charge >= 0.3 is 0 Å². The molecule has 10 heteroatoms. The summed E-state index contributed by atoms with van der Waals surface area (Å²) < 4.78 is 50.4. The van der Waals surface area contributed by atoms with Crippen LogP contribution < -0.4 is 0 Å². The zero-order valence-corrected chi connectivity index (χ0v) is 17.6. The standard InChI is InChI=1S/C21H23NO8S/c1-27-21-16(12-22(23)24)19(31(25,26)15-10-6-3-7-11-15)18-17(29-21)13-28-20(30-18)14-8-4-2-5-9-14/h2-11,16-21H,12-13H2,1H3/t16-,17+,18+,19-,20?,21-/m0/s1. The molecule has 0 aromatic heterocycles. The highest BCUT2D eigenvalue weighted by atomic mass is 32.2. The Hall–Kier alpha value is -2.37. The molecule has 31 heavy (non-hydrogen) atoms. The molecule has 4 rings (SSSR count). The van der Waals surface area contributed by atoms with Crippen LogP contribution in [-0.4, -0.2) is 57.4 Å². The van der Waals surface area contributed by atoms with Gasteiger partial charge < -0.3 is 18.9 Å². The SMILES string of the molecule is CO[C@H]1O[C@@H]2COC(c3ccccc3)O[C@H]2[C@@H](S(=O)(=O)c2ccccc2)[C@@H]1C[N+](=O)[O-]. The van der Waals surface area contributed by atoms with E-state index in [-0.39, 0.29) is 11.5 Å². The average Bonchev–Trinajstić information content (AvgIpc) is 2.79. The summed E-state index contributed by atoms with van der Waals surface area (Å²) in [5, 5.41) is 10.2. The van der Waals surface area contributed by atoms with E-state index >= 15 is 0 Å². The number of hydrogen-bond donors (Lipinski definition) is 0. The lowest BCUT2D eigenvalue weighted by Gasteiger charge is -2.47. The Balaban J connectivity index is 1.76. The van der Waals surface area contributed by atoms with Gasteiger partial charge in [0.2, 0.25) is 6.54 Å². The third-order valence-electron chi connectivity index (χ3n) is 5.56. The first-order valence-corrected chi connectivity index (χ1v) is 11.4. The van der Waals surface area contributed by atoms with Gasteiger partial charge in [-0.1, -0.05) is 48.5 Å². The van der Waals surface area contributed by atoms with Crippen LogP contribution in [0.25, 0.3) is 0 Å². The summed E-state index contributed by atoms with van der Waals surface area (Å²) in [5.74, 6) is -1.07. The molecule has 2 aliphatic heterocycles. The maximum absolute atomic E-state index is 13.7. The van der Waals surface area contributed by atoms with Crippen molar-refractivity contribution in [1.82, 2.24) is 0 Å². The number of sulfone groups is 1. The lowest BCUT2D eigenvalue weighted by Crippen LogP contribution is -2.63. The Morgan fingerprint density at radius 3 is 2.32 bits per heavy atom. The minimum atomic E-state index is -4.02. The molecule has 0 N–H and O–H groups in total. The van der Waals surface area contributed by atoms with E-state index < -0.39 is 57.3 Å². The number of hydrogen-bond acceptors (Lipinski definition) is 8. The second-order valence-electron chi connectivity index (χ2n) is 7.46. The Morgan fingerprint density at radius 1 is 1.06 bits per heavy atom. The van der Waals surface area contributed by atoms with E-state index in [1.807, 2.05) is 30.3 Å². The van der Waals surface area contributed by atoms with Gasteiger partial charge in [0.05, 0.1) is 17.4 Å². The smallest absolute Gasteiger partial charge is 0.212 e. The Bertz CT molecular complexity index is 1000. The average molecular weight is 449 g/mol. The molecular weight excluding hydrogens is 426 g/mol. The van der Waals surface area contributed by atoms with Crippen molar-refractivity contribution in [2.45, 2.75) is 34.9 Å². The van der Waals surface area contributed by atoms with Gasteiger partial charge in [-0.05, 0) is 12.1 Å². The van der Waals surface area contributed by atoms with Crippen molar-refractivity contribution in [2.75, 3.05) is 20.3 Å². The molecule has 0 bridgehead atoms. The van der Waals surface area contributed by atoms with Crippen molar-refractivity contribution in [2.24, 2.45) is 5.92 Å². The van der Waals surface area contributed by atoms with Crippen LogP contribution in [-0.2, 0) is 28.8 Å². The van der Waals surface area contributed by atoms with Crippen molar-refractivity contribution in [1.29, 1.82) is 0 Å². The van der Waals surface area contributed by atoms with Crippen molar-refractivity contribution < 1.29 is 32.3 Å². The maximum atomic E-state index is 13.7. The molecule has 2 fully saturated rings. The minimum Gasteiger partial charge on any atom is -0.355 e. The number of fused-ring (bicyclic) bond motifs is 1. The molecule has 2 aliphatic rings. The summed E-state index contributed by atoms with van der Waals surface area (Å²) >= 11 is 0. The van der Waals surface area contributed by atoms with Gasteiger partial charge in [-0.2, -0.15) is 0 Å². The fourth-order valence-corrected chi connectivity index (χ4v) is 6.29. The van der Waals surface area contributed by atoms with Gasteiger partial charge in [-0.15, -0.1) is 0 Å². The number of nitrogens with zero attached hydrogens (tertiary/aromatic N) is 1. The van der Waals surface area contributed by atoms with E-state index in [2.05, 4.69) is 0 Å². The molecule has 0 amide bonds. The van der Waals surface area contributed by atoms with Crippen molar-refractivity contribution in [3.63, 3.8) is 0 Å². The summed E-state index contributed by atoms with van der Waals surface area (Å²) in [6.45, 7) is -0.575. The molecule has 1 unspecified atom stereocenters. The summed E-state index contributed by atoms with van der Waals surface area (Å²) in [6, 6.07) is 17.0. The number of benzene rings is 2. The first-order chi connectivity index (χ1) is 14.9. The second kappa shape index (κ2) is 9.01. The maximum Gasteiger partial charge on any atom is 0.212 e. The predicted molar refractivity (Wildman–Crippen MR) is 108 cm³/mol. The highest BCUT2D eigenvalue weighted by Gasteiger charge is 2.57. The summed E-state index contributed by atoms with van der Waals surface area (Å²) in [7, 11) is -2.69. The fourth-order valence-electron chi connectivity index (χ4n) is 4.18. The summed E-state index contributed by atoms with van der Waals surface area (Å²) in [6.07, 6.45) is -3.62. The van der Waals surface area contributed by atoms with Gasteiger partial charge in [0.1, 0.15) is 17.5 Å². The lowest BCUT2D eigenvalue weighted by atomic mass is 9.92. The molecule has 6 atom stereocenters. The Labute approximate surface area is 179 Å². The molecule has 2 aromatic rings. The zero-order valence-electron chi connectivity index (χ0n) is 16.8. The molecule has 9 nitrogen and oxygen atoms in total. The van der Waals surface area contributed by atoms with E-state index in [4.69, 9.17) is 18.9 Å². The van der Waals surface area contributed by atoms with E-state index in [1.165, 1.54) is 19.2 Å². The van der Waals surface area contributed by atoms with E-state index in [1.54, 1.807) is 18.2 Å². The molecule has 0 spiro atoms. The van der Waals surface area contributed by atoms with Crippen LogP contribution in [0, 0.1) is 16.0 Å². The quantitative estimate of drug-likeness (QED) is 0.487. The predicted octanol–water partition coefficient (Wildman–Crippen LogP) is 2.21. The van der Waals surface area contributed by atoms with Crippen LogP contribution >= 0.6 is 0 Å². The van der Waals surface area contributed by atoms with Crippen molar-refractivity contribution >= 4 is 9.84 Å². The molecule has 166 valence electrons. The molecule has 0 saturated carbocycles. The highest BCUT2D eigenvalue weighted by molar-refractivity contribution is 7.92. The van der Waals surface area contributed by atoms with Gasteiger partial charge in [0, 0.05) is 17.6 Å². The summed E-state index contributed by atoms with van der Waals surface area (Å²) in [4.78, 5) is 10.9. The van der Waals surface area contributed by atoms with Crippen LogP contribution in [0.4, 0.5) is 0 Å². The highest BCUT2D eigenvalue weighted by Crippen LogP contribution is 2.41. The molecule has 2 saturated heterocycles. The largest absolute Gasteiger partial charge is 0.355 e. The Kier molecular flexibility index (Phi) is 6.35. The molecule has 0 radical (unpaired) electrons. The van der Waals surface area contributed by atoms with Crippen LogP contribution in [0.5, 0.6) is 0 Å². The third-order valence-corrected chi connectivity index (χ3v) is 7.82. The molecule has 2 heterocycles. The lowest BCUT2D eigenvalue weighted by molar-refractivity contribution is -0.498. The third kappa shape index (κ3) is 4.35. The first-order valence-electron chi connectivity index (χ1n) is 9.83. The molecule has 2 aromatic carbocycles. The first kappa shape index (κ1) is 21.8. The molecule has 0 aliphatic carbocycles. The van der Waals surface area contributed by atoms with Crippen molar-refractivity contribution in [3.8, 4) is 0 Å². The Morgan fingerprint density at radius 2 is 1.71 bits per heavy atom. The van der Waals surface area contributed by atoms with Crippen LogP contribution in [0.15, 0.2) is 65.6 Å². The minimum absolute atomic E-state index is 0.0650. The van der Waals surface area contributed by atoms with E-state index in [0.717, 1.165) is 5.56 Å². The number of rotatable bonds is 6. The van der Waals surface area contributed by atoms with Crippen LogP contribution in [0.1, 0.15) is 11.9 Å². The van der Waals surface area contributed by atoms with Gasteiger partial charge in [-0.25, -0.2) is 8.42 Å². The number of methoxy groups -OCH3 is 1. The monoisotopic (exact) mass is 449 g/mol. The van der Waals surface area contributed by atoms with Gasteiger partial charge in [-0.3, -0.25) is 10.1 Å². The number of ether oxygens (including phenoxy) is 4.